The van der Waals surface area contributed by atoms with Gasteiger partial charge in [0, 0.05) is 0 Å². The van der Waals surface area contributed by atoms with Gasteiger partial charge in [0.15, 0.2) is 0 Å². The van der Waals surface area contributed by atoms with E-state index in [0.717, 1.165) is 18.8 Å². The van der Waals surface area contributed by atoms with Crippen LogP contribution < -0.4 is 0 Å². The topological polar surface area (TPSA) is 26.3 Å². The average Bonchev–Trinajstić information content (AvgIpc) is 2.51. The molecule has 2 fully saturated rings. The van der Waals surface area contributed by atoms with E-state index < -0.39 is 0 Å². The van der Waals surface area contributed by atoms with Crippen molar-refractivity contribution >= 4 is 5.97 Å². The fourth-order valence-corrected chi connectivity index (χ4v) is 3.62. The van der Waals surface area contributed by atoms with Crippen molar-refractivity contribution in [3.8, 4) is 0 Å². The molecule has 1 aliphatic carbocycles. The monoisotopic (exact) mass is 272 g/mol. The quantitative estimate of drug-likeness (QED) is 0.753. The van der Waals surface area contributed by atoms with Crippen LogP contribution in [0.4, 0.5) is 0 Å². The second-order valence-corrected chi connectivity index (χ2v) is 6.35. The predicted octanol–water partition coefficient (Wildman–Crippen LogP) is 4.13. The third-order valence-electron chi connectivity index (χ3n) is 4.90. The highest BCUT2D eigenvalue weighted by Gasteiger charge is 2.41. The number of hydrogen-bond acceptors (Lipinski definition) is 2. The molecule has 1 heterocycles. The lowest BCUT2D eigenvalue weighted by Crippen LogP contribution is -2.46. The number of esters is 1. The summed E-state index contributed by atoms with van der Waals surface area (Å²) in [5, 5.41) is 0. The zero-order valence-electron chi connectivity index (χ0n) is 12.1. The van der Waals surface area contributed by atoms with E-state index >= 15 is 0 Å². The summed E-state index contributed by atoms with van der Waals surface area (Å²) >= 11 is 0. The molecule has 0 N–H and O–H groups in total. The first-order valence-electron chi connectivity index (χ1n) is 8.07. The molecular formula is C18H24O2. The molecule has 1 saturated heterocycles. The molecule has 1 aliphatic heterocycles. The van der Waals surface area contributed by atoms with Gasteiger partial charge in [-0.05, 0) is 30.7 Å². The van der Waals surface area contributed by atoms with E-state index in [1.165, 1.54) is 44.1 Å². The molecule has 2 heteroatoms. The third-order valence-corrected chi connectivity index (χ3v) is 4.90. The van der Waals surface area contributed by atoms with Gasteiger partial charge in [0.1, 0.15) is 6.10 Å². The molecule has 0 spiro atoms. The van der Waals surface area contributed by atoms with Gasteiger partial charge in [-0.1, -0.05) is 62.4 Å². The van der Waals surface area contributed by atoms with Gasteiger partial charge >= 0.3 is 5.97 Å². The van der Waals surface area contributed by atoms with Crippen LogP contribution in [0.25, 0.3) is 0 Å². The molecule has 1 aromatic carbocycles. The molecule has 2 atom stereocenters. The van der Waals surface area contributed by atoms with E-state index in [-0.39, 0.29) is 18.0 Å². The van der Waals surface area contributed by atoms with Crippen molar-refractivity contribution in [1.82, 2.24) is 0 Å². The first-order valence-corrected chi connectivity index (χ1v) is 8.07. The lowest BCUT2D eigenvalue weighted by Gasteiger charge is -2.36. The molecule has 2 aliphatic rings. The molecule has 0 radical (unpaired) electrons. The van der Waals surface area contributed by atoms with Crippen molar-refractivity contribution in [2.45, 2.75) is 57.5 Å². The van der Waals surface area contributed by atoms with Crippen LogP contribution in [-0.4, -0.2) is 12.1 Å². The Morgan fingerprint density at radius 2 is 1.75 bits per heavy atom. The SMILES string of the molecule is O=C1OC(CCC2CCCCC2)C1Cc1ccccc1. The molecule has 2 unspecified atom stereocenters. The molecule has 3 rings (SSSR count). The number of hydrogen-bond donors (Lipinski definition) is 0. The van der Waals surface area contributed by atoms with E-state index in [2.05, 4.69) is 12.1 Å². The molecule has 108 valence electrons. The first kappa shape index (κ1) is 13.7. The van der Waals surface area contributed by atoms with Crippen LogP contribution in [0.2, 0.25) is 0 Å². The van der Waals surface area contributed by atoms with Crippen LogP contribution in [0.5, 0.6) is 0 Å². The van der Waals surface area contributed by atoms with E-state index in [1.807, 2.05) is 18.2 Å². The number of ether oxygens (including phenoxy) is 1. The summed E-state index contributed by atoms with van der Waals surface area (Å²) < 4.78 is 5.38. The van der Waals surface area contributed by atoms with E-state index in [9.17, 15) is 4.79 Å². The summed E-state index contributed by atoms with van der Waals surface area (Å²) in [5.74, 6) is 0.976. The zero-order valence-corrected chi connectivity index (χ0v) is 12.1. The fraction of sp³-hybridized carbons (Fsp3) is 0.611. The van der Waals surface area contributed by atoms with Crippen molar-refractivity contribution in [2.75, 3.05) is 0 Å². The summed E-state index contributed by atoms with van der Waals surface area (Å²) in [6.07, 6.45) is 10.3. The second-order valence-electron chi connectivity index (χ2n) is 6.35. The minimum Gasteiger partial charge on any atom is -0.461 e. The summed E-state index contributed by atoms with van der Waals surface area (Å²) in [5.41, 5.74) is 1.25. The molecule has 0 bridgehead atoms. The zero-order chi connectivity index (χ0) is 13.8. The lowest BCUT2D eigenvalue weighted by molar-refractivity contribution is -0.185. The fourth-order valence-electron chi connectivity index (χ4n) is 3.62. The highest BCUT2D eigenvalue weighted by atomic mass is 16.6. The van der Waals surface area contributed by atoms with Gasteiger partial charge in [-0.25, -0.2) is 0 Å². The van der Waals surface area contributed by atoms with Gasteiger partial charge in [-0.3, -0.25) is 4.79 Å². The highest BCUT2D eigenvalue weighted by molar-refractivity contribution is 5.78. The van der Waals surface area contributed by atoms with Crippen molar-refractivity contribution < 1.29 is 9.53 Å². The number of carbonyl (C=O) groups is 1. The lowest BCUT2D eigenvalue weighted by atomic mass is 9.81. The number of benzene rings is 1. The van der Waals surface area contributed by atoms with Crippen LogP contribution in [0.15, 0.2) is 30.3 Å². The van der Waals surface area contributed by atoms with Crippen LogP contribution in [0.3, 0.4) is 0 Å². The first-order chi connectivity index (χ1) is 9.83. The van der Waals surface area contributed by atoms with E-state index in [4.69, 9.17) is 4.74 Å². The Labute approximate surface area is 121 Å². The number of carbonyl (C=O) groups excluding carboxylic acids is 1. The largest absolute Gasteiger partial charge is 0.461 e. The highest BCUT2D eigenvalue weighted by Crippen LogP contribution is 2.34. The maximum absolute atomic E-state index is 11.7. The molecule has 0 amide bonds. The molecule has 20 heavy (non-hydrogen) atoms. The summed E-state index contributed by atoms with van der Waals surface area (Å²) in [6.45, 7) is 0. The van der Waals surface area contributed by atoms with Gasteiger partial charge in [0.2, 0.25) is 0 Å². The Balaban J connectivity index is 1.48. The smallest absolute Gasteiger partial charge is 0.313 e. The Bertz CT molecular complexity index is 434. The van der Waals surface area contributed by atoms with Crippen molar-refractivity contribution in [2.24, 2.45) is 11.8 Å². The minimum atomic E-state index is 0.00231. The third kappa shape index (κ3) is 3.23. The predicted molar refractivity (Wildman–Crippen MR) is 79.3 cm³/mol. The number of rotatable bonds is 5. The standard InChI is InChI=1S/C18H24O2/c19-18-16(13-15-9-5-2-6-10-15)17(20-18)12-11-14-7-3-1-4-8-14/h2,5-6,9-10,14,16-17H,1,3-4,7-8,11-13H2. The normalized spacial score (nSPS) is 26.9. The van der Waals surface area contributed by atoms with Crippen LogP contribution in [0.1, 0.15) is 50.5 Å². The minimum absolute atomic E-state index is 0.00231. The Morgan fingerprint density at radius 1 is 1.00 bits per heavy atom. The van der Waals surface area contributed by atoms with Crippen molar-refractivity contribution in [1.29, 1.82) is 0 Å². The molecule has 2 nitrogen and oxygen atoms in total. The Kier molecular flexibility index (Phi) is 4.39. The van der Waals surface area contributed by atoms with Gasteiger partial charge in [-0.2, -0.15) is 0 Å². The summed E-state index contributed by atoms with van der Waals surface area (Å²) in [7, 11) is 0. The van der Waals surface area contributed by atoms with Gasteiger partial charge < -0.3 is 4.74 Å². The molecular weight excluding hydrogens is 248 g/mol. The Hall–Kier alpha value is -1.31. The van der Waals surface area contributed by atoms with Crippen LogP contribution in [-0.2, 0) is 16.0 Å². The van der Waals surface area contributed by atoms with Gasteiger partial charge in [0.05, 0.1) is 5.92 Å². The summed E-state index contributed by atoms with van der Waals surface area (Å²) in [4.78, 5) is 11.7. The maximum Gasteiger partial charge on any atom is 0.313 e. The van der Waals surface area contributed by atoms with Crippen molar-refractivity contribution in [3.63, 3.8) is 0 Å². The van der Waals surface area contributed by atoms with E-state index in [0.29, 0.717) is 0 Å². The maximum atomic E-state index is 11.7. The molecule has 1 saturated carbocycles. The summed E-state index contributed by atoms with van der Waals surface area (Å²) in [6, 6.07) is 10.3. The van der Waals surface area contributed by atoms with Crippen LogP contribution in [0, 0.1) is 11.8 Å². The van der Waals surface area contributed by atoms with E-state index in [1.54, 1.807) is 0 Å². The van der Waals surface area contributed by atoms with Gasteiger partial charge in [-0.15, -0.1) is 0 Å². The average molecular weight is 272 g/mol. The molecule has 0 aromatic heterocycles. The Morgan fingerprint density at radius 3 is 2.45 bits per heavy atom. The van der Waals surface area contributed by atoms with Gasteiger partial charge in [0.25, 0.3) is 0 Å². The van der Waals surface area contributed by atoms with Crippen molar-refractivity contribution in [3.05, 3.63) is 35.9 Å². The van der Waals surface area contributed by atoms with Crippen LogP contribution >= 0.6 is 0 Å². The number of cyclic esters (lactones) is 1. The second kappa shape index (κ2) is 6.43. The molecule has 1 aromatic rings.